The highest BCUT2D eigenvalue weighted by Gasteiger charge is 2.18. The van der Waals surface area contributed by atoms with Crippen molar-refractivity contribution >= 4 is 17.4 Å². The molecule has 2 aromatic carbocycles. The molecule has 26 heavy (non-hydrogen) atoms. The number of benzene rings is 2. The van der Waals surface area contributed by atoms with Gasteiger partial charge in [-0.3, -0.25) is 4.79 Å². The number of amides is 1. The lowest BCUT2D eigenvalue weighted by Crippen LogP contribution is -2.31. The first-order valence-electron chi connectivity index (χ1n) is 8.57. The molecule has 1 aromatic heterocycles. The largest absolute Gasteiger partial charge is 0.508 e. The SMILES string of the molecule is O=C(Nc1ccc(O)cc1)c1ccnc(N2CCc3ccccc3C2)c1. The molecule has 0 saturated carbocycles. The van der Waals surface area contributed by atoms with E-state index in [0.717, 1.165) is 25.3 Å². The summed E-state index contributed by atoms with van der Waals surface area (Å²) in [5, 5.41) is 12.2. The first-order valence-corrected chi connectivity index (χ1v) is 8.57. The van der Waals surface area contributed by atoms with Crippen LogP contribution >= 0.6 is 0 Å². The minimum atomic E-state index is -0.197. The molecule has 0 spiro atoms. The monoisotopic (exact) mass is 345 g/mol. The number of fused-ring (bicyclic) bond motifs is 1. The number of nitrogens with zero attached hydrogens (tertiary/aromatic N) is 2. The predicted molar refractivity (Wildman–Crippen MR) is 101 cm³/mol. The van der Waals surface area contributed by atoms with E-state index in [9.17, 15) is 9.90 Å². The zero-order chi connectivity index (χ0) is 17.9. The minimum Gasteiger partial charge on any atom is -0.508 e. The number of phenolic OH excluding ortho intramolecular Hbond substituents is 1. The average molecular weight is 345 g/mol. The molecule has 0 saturated heterocycles. The predicted octanol–water partition coefficient (Wildman–Crippen LogP) is 3.60. The third-order valence-electron chi connectivity index (χ3n) is 4.59. The Kier molecular flexibility index (Phi) is 4.27. The van der Waals surface area contributed by atoms with Crippen molar-refractivity contribution in [3.05, 3.63) is 83.6 Å². The minimum absolute atomic E-state index is 0.166. The number of hydrogen-bond acceptors (Lipinski definition) is 4. The van der Waals surface area contributed by atoms with E-state index < -0.39 is 0 Å². The summed E-state index contributed by atoms with van der Waals surface area (Å²) in [7, 11) is 0. The Balaban J connectivity index is 1.51. The molecular weight excluding hydrogens is 326 g/mol. The lowest BCUT2D eigenvalue weighted by Gasteiger charge is -2.29. The summed E-state index contributed by atoms with van der Waals surface area (Å²) in [4.78, 5) is 19.2. The number of anilines is 2. The molecule has 1 amide bonds. The van der Waals surface area contributed by atoms with Gasteiger partial charge in [0, 0.05) is 30.5 Å². The van der Waals surface area contributed by atoms with Gasteiger partial charge in [-0.15, -0.1) is 0 Å². The van der Waals surface area contributed by atoms with Crippen LogP contribution in [-0.2, 0) is 13.0 Å². The van der Waals surface area contributed by atoms with Crippen LogP contribution in [0.1, 0.15) is 21.5 Å². The van der Waals surface area contributed by atoms with E-state index in [2.05, 4.69) is 39.5 Å². The Labute approximate surface area is 151 Å². The van der Waals surface area contributed by atoms with Crippen molar-refractivity contribution in [1.82, 2.24) is 4.98 Å². The van der Waals surface area contributed by atoms with Gasteiger partial charge in [0.25, 0.3) is 5.91 Å². The molecule has 0 bridgehead atoms. The number of pyridine rings is 1. The Morgan fingerprint density at radius 1 is 1.04 bits per heavy atom. The normalized spacial score (nSPS) is 13.2. The highest BCUT2D eigenvalue weighted by atomic mass is 16.3. The highest BCUT2D eigenvalue weighted by Crippen LogP contribution is 2.24. The zero-order valence-electron chi connectivity index (χ0n) is 14.2. The molecule has 0 aliphatic carbocycles. The number of carbonyl (C=O) groups is 1. The van der Waals surface area contributed by atoms with Crippen LogP contribution in [0.15, 0.2) is 66.9 Å². The van der Waals surface area contributed by atoms with Gasteiger partial charge in [-0.1, -0.05) is 24.3 Å². The van der Waals surface area contributed by atoms with E-state index in [4.69, 9.17) is 0 Å². The van der Waals surface area contributed by atoms with Crippen LogP contribution in [0, 0.1) is 0 Å². The molecule has 0 unspecified atom stereocenters. The van der Waals surface area contributed by atoms with Gasteiger partial charge >= 0.3 is 0 Å². The standard InChI is InChI=1S/C21H19N3O2/c25-19-7-5-18(6-8-19)23-21(26)16-9-11-22-20(13-16)24-12-10-15-3-1-2-4-17(15)14-24/h1-9,11,13,25H,10,12,14H2,(H,23,26). The van der Waals surface area contributed by atoms with Crippen molar-refractivity contribution in [3.8, 4) is 5.75 Å². The molecule has 0 fully saturated rings. The summed E-state index contributed by atoms with van der Waals surface area (Å²) in [5.41, 5.74) is 3.88. The summed E-state index contributed by atoms with van der Waals surface area (Å²) < 4.78 is 0. The van der Waals surface area contributed by atoms with Crippen molar-refractivity contribution in [2.24, 2.45) is 0 Å². The molecule has 0 atom stereocenters. The number of hydrogen-bond donors (Lipinski definition) is 2. The lowest BCUT2D eigenvalue weighted by molar-refractivity contribution is 0.102. The Hall–Kier alpha value is -3.34. The van der Waals surface area contributed by atoms with E-state index in [0.29, 0.717) is 11.3 Å². The molecule has 3 aromatic rings. The van der Waals surface area contributed by atoms with E-state index in [1.165, 1.54) is 11.1 Å². The first kappa shape index (κ1) is 16.1. The smallest absolute Gasteiger partial charge is 0.255 e. The molecule has 5 nitrogen and oxygen atoms in total. The maximum absolute atomic E-state index is 12.5. The fourth-order valence-electron chi connectivity index (χ4n) is 3.17. The second kappa shape index (κ2) is 6.88. The highest BCUT2D eigenvalue weighted by molar-refractivity contribution is 6.04. The van der Waals surface area contributed by atoms with Gasteiger partial charge in [0.15, 0.2) is 0 Å². The second-order valence-corrected chi connectivity index (χ2v) is 6.34. The average Bonchev–Trinajstić information content (AvgIpc) is 2.69. The third kappa shape index (κ3) is 3.37. The summed E-state index contributed by atoms with van der Waals surface area (Å²) in [6, 6.07) is 18.4. The van der Waals surface area contributed by atoms with Crippen LogP contribution in [0.4, 0.5) is 11.5 Å². The maximum Gasteiger partial charge on any atom is 0.255 e. The summed E-state index contributed by atoms with van der Waals surface area (Å²) in [5.74, 6) is 0.772. The van der Waals surface area contributed by atoms with Crippen molar-refractivity contribution in [1.29, 1.82) is 0 Å². The second-order valence-electron chi connectivity index (χ2n) is 6.34. The Morgan fingerprint density at radius 2 is 1.81 bits per heavy atom. The quantitative estimate of drug-likeness (QED) is 0.712. The number of phenols is 1. The molecule has 1 aliphatic rings. The Morgan fingerprint density at radius 3 is 2.62 bits per heavy atom. The molecule has 4 rings (SSSR count). The first-order chi connectivity index (χ1) is 12.7. The third-order valence-corrected chi connectivity index (χ3v) is 4.59. The van der Waals surface area contributed by atoms with Crippen molar-refractivity contribution in [2.75, 3.05) is 16.8 Å². The van der Waals surface area contributed by atoms with Gasteiger partial charge in [-0.25, -0.2) is 4.98 Å². The fourth-order valence-corrected chi connectivity index (χ4v) is 3.17. The number of nitrogens with one attached hydrogen (secondary N) is 1. The fraction of sp³-hybridized carbons (Fsp3) is 0.143. The van der Waals surface area contributed by atoms with Gasteiger partial charge in [0.2, 0.25) is 0 Å². The van der Waals surface area contributed by atoms with Crippen LogP contribution in [0.25, 0.3) is 0 Å². The molecule has 2 heterocycles. The van der Waals surface area contributed by atoms with E-state index in [-0.39, 0.29) is 11.7 Å². The molecule has 5 heteroatoms. The van der Waals surface area contributed by atoms with Crippen LogP contribution < -0.4 is 10.2 Å². The van der Waals surface area contributed by atoms with Crippen molar-refractivity contribution in [2.45, 2.75) is 13.0 Å². The molecular formula is C21H19N3O2. The number of rotatable bonds is 3. The molecule has 2 N–H and O–H groups in total. The number of aromatic hydroxyl groups is 1. The summed E-state index contributed by atoms with van der Waals surface area (Å²) in [6.07, 6.45) is 2.64. The maximum atomic E-state index is 12.5. The van der Waals surface area contributed by atoms with Gasteiger partial charge in [0.1, 0.15) is 11.6 Å². The van der Waals surface area contributed by atoms with Crippen molar-refractivity contribution < 1.29 is 9.90 Å². The van der Waals surface area contributed by atoms with E-state index in [1.807, 2.05) is 6.07 Å². The van der Waals surface area contributed by atoms with E-state index >= 15 is 0 Å². The van der Waals surface area contributed by atoms with Crippen LogP contribution in [0.5, 0.6) is 5.75 Å². The lowest BCUT2D eigenvalue weighted by atomic mass is 10.00. The van der Waals surface area contributed by atoms with Crippen LogP contribution in [-0.4, -0.2) is 22.5 Å². The number of aromatic nitrogens is 1. The molecule has 1 aliphatic heterocycles. The summed E-state index contributed by atoms with van der Waals surface area (Å²) in [6.45, 7) is 1.68. The van der Waals surface area contributed by atoms with E-state index in [1.54, 1.807) is 36.5 Å². The van der Waals surface area contributed by atoms with Gasteiger partial charge < -0.3 is 15.3 Å². The topological polar surface area (TPSA) is 65.5 Å². The van der Waals surface area contributed by atoms with Crippen molar-refractivity contribution in [3.63, 3.8) is 0 Å². The molecule has 130 valence electrons. The van der Waals surface area contributed by atoms with Gasteiger partial charge in [0.05, 0.1) is 0 Å². The van der Waals surface area contributed by atoms with Gasteiger partial charge in [-0.05, 0) is 53.9 Å². The Bertz CT molecular complexity index is 938. The van der Waals surface area contributed by atoms with Crippen LogP contribution in [0.2, 0.25) is 0 Å². The summed E-state index contributed by atoms with van der Waals surface area (Å²) >= 11 is 0. The van der Waals surface area contributed by atoms with Gasteiger partial charge in [-0.2, -0.15) is 0 Å². The number of carbonyl (C=O) groups excluding carboxylic acids is 1. The van der Waals surface area contributed by atoms with Crippen LogP contribution in [0.3, 0.4) is 0 Å². The zero-order valence-corrected chi connectivity index (χ0v) is 14.2. The molecule has 0 radical (unpaired) electrons.